The van der Waals surface area contributed by atoms with Crippen LogP contribution in [0.5, 0.6) is 5.75 Å². The Hall–Kier alpha value is -1.73. The van der Waals surface area contributed by atoms with Gasteiger partial charge in [-0.1, -0.05) is 77.4 Å². The zero-order chi connectivity index (χ0) is 18.1. The molecule has 0 aliphatic rings. The van der Waals surface area contributed by atoms with E-state index in [0.29, 0.717) is 5.75 Å². The predicted octanol–water partition coefficient (Wildman–Crippen LogP) is 6.81. The van der Waals surface area contributed by atoms with Crippen LogP contribution in [-0.2, 0) is 10.8 Å². The molecule has 1 N–H and O–H groups in total. The summed E-state index contributed by atoms with van der Waals surface area (Å²) in [5, 5.41) is 11.5. The van der Waals surface area contributed by atoms with Gasteiger partial charge in [-0.3, -0.25) is 0 Å². The second-order valence-corrected chi connectivity index (χ2v) is 8.79. The van der Waals surface area contributed by atoms with Crippen molar-refractivity contribution < 1.29 is 5.11 Å². The second kappa shape index (κ2) is 6.64. The minimum absolute atomic E-state index is 0.117. The summed E-state index contributed by atoms with van der Waals surface area (Å²) < 4.78 is 0. The third kappa shape index (κ3) is 4.42. The molecule has 0 aliphatic heterocycles. The van der Waals surface area contributed by atoms with Crippen molar-refractivity contribution in [3.63, 3.8) is 0 Å². The molecule has 0 heterocycles. The topological polar surface area (TPSA) is 20.2 Å². The summed E-state index contributed by atoms with van der Waals surface area (Å²) in [4.78, 5) is 0. The largest absolute Gasteiger partial charge is 0.507 e. The second-order valence-electron chi connectivity index (χ2n) is 8.35. The van der Waals surface area contributed by atoms with Crippen molar-refractivity contribution in [2.45, 2.75) is 52.4 Å². The highest BCUT2D eigenvalue weighted by Crippen LogP contribution is 2.40. The van der Waals surface area contributed by atoms with Gasteiger partial charge in [0, 0.05) is 16.1 Å². The standard InChI is InChI=1S/C22H27ClO/c1-21(2,3)18-13-16(14-19(20(18)24)22(4,5)6)8-7-15-9-11-17(23)12-10-15/h7-14,24H,1-6H3/b8-7+. The predicted molar refractivity (Wildman–Crippen MR) is 106 cm³/mol. The molecule has 0 fully saturated rings. The van der Waals surface area contributed by atoms with Crippen molar-refractivity contribution in [1.82, 2.24) is 0 Å². The SMILES string of the molecule is CC(C)(C)c1cc(/C=C/c2ccc(Cl)cc2)cc(C(C)(C)C)c1O. The summed E-state index contributed by atoms with van der Waals surface area (Å²) in [5.41, 5.74) is 3.92. The number of phenolic OH excluding ortho intramolecular Hbond substituents is 1. The molecule has 0 aliphatic carbocycles. The molecule has 2 heteroatoms. The highest BCUT2D eigenvalue weighted by Gasteiger charge is 2.26. The maximum atomic E-state index is 10.8. The number of aromatic hydroxyl groups is 1. The number of halogens is 1. The average Bonchev–Trinajstić information content (AvgIpc) is 2.45. The summed E-state index contributed by atoms with van der Waals surface area (Å²) in [6.45, 7) is 12.8. The lowest BCUT2D eigenvalue weighted by molar-refractivity contribution is 0.423. The third-order valence-electron chi connectivity index (χ3n) is 4.09. The monoisotopic (exact) mass is 342 g/mol. The Kier molecular flexibility index (Phi) is 5.15. The third-order valence-corrected chi connectivity index (χ3v) is 4.34. The van der Waals surface area contributed by atoms with E-state index in [4.69, 9.17) is 11.6 Å². The first-order valence-electron chi connectivity index (χ1n) is 8.30. The summed E-state index contributed by atoms with van der Waals surface area (Å²) in [5.74, 6) is 0.415. The van der Waals surface area contributed by atoms with Crippen LogP contribution in [0.3, 0.4) is 0 Å². The Labute approximate surface area is 151 Å². The van der Waals surface area contributed by atoms with Gasteiger partial charge >= 0.3 is 0 Å². The Bertz CT molecular complexity index is 706. The first kappa shape index (κ1) is 18.6. The molecule has 2 aromatic rings. The lowest BCUT2D eigenvalue weighted by atomic mass is 9.78. The summed E-state index contributed by atoms with van der Waals surface area (Å²) >= 11 is 5.94. The van der Waals surface area contributed by atoms with Crippen molar-refractivity contribution >= 4 is 23.8 Å². The van der Waals surface area contributed by atoms with Crippen LogP contribution >= 0.6 is 11.6 Å². The van der Waals surface area contributed by atoms with E-state index in [1.54, 1.807) is 0 Å². The van der Waals surface area contributed by atoms with E-state index in [2.05, 4.69) is 65.8 Å². The molecule has 0 spiro atoms. The van der Waals surface area contributed by atoms with Gasteiger partial charge in [-0.2, -0.15) is 0 Å². The van der Waals surface area contributed by atoms with Crippen molar-refractivity contribution in [2.75, 3.05) is 0 Å². The molecule has 0 radical (unpaired) electrons. The van der Waals surface area contributed by atoms with Crippen molar-refractivity contribution in [1.29, 1.82) is 0 Å². The fraction of sp³-hybridized carbons (Fsp3) is 0.364. The van der Waals surface area contributed by atoms with Gasteiger partial charge in [0.1, 0.15) is 5.75 Å². The van der Waals surface area contributed by atoms with Gasteiger partial charge in [0.25, 0.3) is 0 Å². The highest BCUT2D eigenvalue weighted by molar-refractivity contribution is 6.30. The molecule has 0 saturated carbocycles. The van der Waals surface area contributed by atoms with Crippen LogP contribution in [0.4, 0.5) is 0 Å². The highest BCUT2D eigenvalue weighted by atomic mass is 35.5. The normalized spacial score (nSPS) is 12.8. The van der Waals surface area contributed by atoms with Crippen LogP contribution < -0.4 is 0 Å². The van der Waals surface area contributed by atoms with Crippen LogP contribution in [0.15, 0.2) is 36.4 Å². The minimum atomic E-state index is -0.117. The molecule has 0 aromatic heterocycles. The van der Waals surface area contributed by atoms with Crippen LogP contribution in [0.2, 0.25) is 5.02 Å². The first-order valence-corrected chi connectivity index (χ1v) is 8.68. The van der Waals surface area contributed by atoms with Crippen molar-refractivity contribution in [2.24, 2.45) is 0 Å². The molecule has 0 bridgehead atoms. The molecular weight excluding hydrogens is 316 g/mol. The molecule has 1 nitrogen and oxygen atoms in total. The molecule has 24 heavy (non-hydrogen) atoms. The van der Waals surface area contributed by atoms with Crippen LogP contribution in [-0.4, -0.2) is 5.11 Å². The summed E-state index contributed by atoms with van der Waals surface area (Å²) in [6.07, 6.45) is 4.16. The van der Waals surface area contributed by atoms with Gasteiger partial charge in [-0.15, -0.1) is 0 Å². The van der Waals surface area contributed by atoms with Gasteiger partial charge in [0.05, 0.1) is 0 Å². The van der Waals surface area contributed by atoms with Gasteiger partial charge in [-0.05, 0) is 46.2 Å². The molecule has 128 valence electrons. The van der Waals surface area contributed by atoms with Gasteiger partial charge in [0.15, 0.2) is 0 Å². The Morgan fingerprint density at radius 2 is 1.17 bits per heavy atom. The molecule has 0 amide bonds. The van der Waals surface area contributed by atoms with E-state index in [9.17, 15) is 5.11 Å². The summed E-state index contributed by atoms with van der Waals surface area (Å²) in [7, 11) is 0. The van der Waals surface area contributed by atoms with Gasteiger partial charge in [-0.25, -0.2) is 0 Å². The van der Waals surface area contributed by atoms with Crippen LogP contribution in [0.1, 0.15) is 63.8 Å². The molecule has 0 atom stereocenters. The fourth-order valence-corrected chi connectivity index (χ4v) is 2.79. The van der Waals surface area contributed by atoms with E-state index in [-0.39, 0.29) is 10.8 Å². The number of phenols is 1. The zero-order valence-corrected chi connectivity index (χ0v) is 16.2. The van der Waals surface area contributed by atoms with E-state index >= 15 is 0 Å². The fourth-order valence-electron chi connectivity index (χ4n) is 2.66. The number of rotatable bonds is 2. The smallest absolute Gasteiger partial charge is 0.123 e. The number of hydrogen-bond donors (Lipinski definition) is 1. The molecule has 2 rings (SSSR count). The zero-order valence-electron chi connectivity index (χ0n) is 15.4. The lowest BCUT2D eigenvalue weighted by Crippen LogP contribution is -2.17. The van der Waals surface area contributed by atoms with Crippen LogP contribution in [0, 0.1) is 0 Å². The van der Waals surface area contributed by atoms with Crippen molar-refractivity contribution in [3.8, 4) is 5.75 Å². The van der Waals surface area contributed by atoms with Gasteiger partial charge in [0.2, 0.25) is 0 Å². The van der Waals surface area contributed by atoms with E-state index in [0.717, 1.165) is 27.3 Å². The maximum Gasteiger partial charge on any atom is 0.123 e. The molecule has 0 saturated heterocycles. The van der Waals surface area contributed by atoms with Crippen LogP contribution in [0.25, 0.3) is 12.2 Å². The first-order chi connectivity index (χ1) is 11.0. The minimum Gasteiger partial charge on any atom is -0.507 e. The maximum absolute atomic E-state index is 10.8. The Morgan fingerprint density at radius 1 is 0.750 bits per heavy atom. The Balaban J connectivity index is 2.52. The van der Waals surface area contributed by atoms with Crippen molar-refractivity contribution in [3.05, 3.63) is 63.7 Å². The average molecular weight is 343 g/mol. The van der Waals surface area contributed by atoms with E-state index in [1.807, 2.05) is 24.3 Å². The molecule has 0 unspecified atom stereocenters. The summed E-state index contributed by atoms with van der Waals surface area (Å²) in [6, 6.07) is 11.9. The lowest BCUT2D eigenvalue weighted by Gasteiger charge is -2.27. The number of benzene rings is 2. The quantitative estimate of drug-likeness (QED) is 0.594. The van der Waals surface area contributed by atoms with E-state index in [1.165, 1.54) is 0 Å². The van der Waals surface area contributed by atoms with Gasteiger partial charge < -0.3 is 5.11 Å². The Morgan fingerprint density at radius 3 is 1.58 bits per heavy atom. The number of hydrogen-bond acceptors (Lipinski definition) is 1. The van der Waals surface area contributed by atoms with E-state index < -0.39 is 0 Å². The molecule has 2 aromatic carbocycles. The molecular formula is C22H27ClO.